The summed E-state index contributed by atoms with van der Waals surface area (Å²) in [5.74, 6) is 1.34. The molecule has 30 heavy (non-hydrogen) atoms. The molecule has 0 aliphatic rings. The van der Waals surface area contributed by atoms with Crippen molar-refractivity contribution in [1.29, 1.82) is 0 Å². The number of aromatic nitrogens is 2. The number of rotatable bonds is 10. The van der Waals surface area contributed by atoms with E-state index in [4.69, 9.17) is 10.9 Å². The molecule has 0 saturated heterocycles. The Morgan fingerprint density at radius 3 is 2.40 bits per heavy atom. The molecule has 2 heterocycles. The lowest BCUT2D eigenvalue weighted by atomic mass is 10.1. The molecule has 3 aromatic rings. The van der Waals surface area contributed by atoms with E-state index < -0.39 is 0 Å². The van der Waals surface area contributed by atoms with Gasteiger partial charge in [-0.15, -0.1) is 0 Å². The van der Waals surface area contributed by atoms with Crippen molar-refractivity contribution in [2.24, 2.45) is 0 Å². The minimum atomic E-state index is -0.339. The minimum Gasteiger partial charge on any atom is -0.399 e. The molecule has 0 fully saturated rings. The van der Waals surface area contributed by atoms with Crippen LogP contribution in [0.2, 0.25) is 0 Å². The number of hydrogen-bond donors (Lipinski definition) is 3. The first-order valence-electron chi connectivity index (χ1n) is 10.1. The van der Waals surface area contributed by atoms with E-state index in [1.165, 1.54) is 0 Å². The Hall–Kier alpha value is -3.45. The number of pyridine rings is 2. The number of nitrogens with two attached hydrogens (primary N) is 1. The second kappa shape index (κ2) is 10.9. The summed E-state index contributed by atoms with van der Waals surface area (Å²) in [6, 6.07) is 17.7. The van der Waals surface area contributed by atoms with Crippen molar-refractivity contribution < 1.29 is 10.0 Å². The maximum absolute atomic E-state index is 11.1. The summed E-state index contributed by atoms with van der Waals surface area (Å²) in [5, 5.41) is 8.55. The fourth-order valence-electron chi connectivity index (χ4n) is 3.25. The summed E-state index contributed by atoms with van der Waals surface area (Å²) in [6.07, 6.45) is 7.50. The van der Waals surface area contributed by atoms with Gasteiger partial charge in [-0.25, -0.2) is 15.4 Å². The van der Waals surface area contributed by atoms with Gasteiger partial charge in [0.25, 0.3) is 0 Å². The standard InChI is InChI=1S/C23H27N5O2/c24-20-11-9-18(10-12-20)19-13-15-26-22(17-19)28(21-7-4-5-14-25-21)16-6-2-1-3-8-23(29)27-30/h4-5,7,9-15,17,30H,1-3,6,8,16,24H2,(H,27,29). The zero-order valence-electron chi connectivity index (χ0n) is 16.9. The highest BCUT2D eigenvalue weighted by Gasteiger charge is 2.13. The SMILES string of the molecule is Nc1ccc(-c2ccnc(N(CCCCCCC(=O)NO)c3ccccn3)c2)cc1. The van der Waals surface area contributed by atoms with Crippen molar-refractivity contribution in [2.45, 2.75) is 32.1 Å². The Morgan fingerprint density at radius 1 is 0.900 bits per heavy atom. The van der Waals surface area contributed by atoms with Crippen LogP contribution in [0.4, 0.5) is 17.3 Å². The number of unbranched alkanes of at least 4 members (excludes halogenated alkanes) is 3. The fraction of sp³-hybridized carbons (Fsp3) is 0.261. The molecule has 0 bridgehead atoms. The van der Waals surface area contributed by atoms with Crippen molar-refractivity contribution >= 4 is 23.2 Å². The average molecular weight is 406 g/mol. The molecule has 0 spiro atoms. The van der Waals surface area contributed by atoms with Crippen LogP contribution in [-0.2, 0) is 4.79 Å². The van der Waals surface area contributed by atoms with Gasteiger partial charge in [0.1, 0.15) is 11.6 Å². The molecule has 0 aliphatic heterocycles. The van der Waals surface area contributed by atoms with Gasteiger partial charge in [-0.2, -0.15) is 0 Å². The van der Waals surface area contributed by atoms with E-state index in [1.54, 1.807) is 11.7 Å². The van der Waals surface area contributed by atoms with Crippen LogP contribution in [-0.4, -0.2) is 27.6 Å². The third-order valence-corrected chi connectivity index (χ3v) is 4.85. The van der Waals surface area contributed by atoms with Gasteiger partial charge in [-0.05, 0) is 60.4 Å². The summed E-state index contributed by atoms with van der Waals surface area (Å²) in [6.45, 7) is 0.765. The Labute approximate surface area is 176 Å². The first-order chi connectivity index (χ1) is 14.7. The van der Waals surface area contributed by atoms with E-state index >= 15 is 0 Å². The van der Waals surface area contributed by atoms with Gasteiger partial charge in [0.2, 0.25) is 5.91 Å². The third kappa shape index (κ3) is 6.02. The zero-order valence-corrected chi connectivity index (χ0v) is 16.9. The molecule has 0 aliphatic carbocycles. The van der Waals surface area contributed by atoms with E-state index in [9.17, 15) is 4.79 Å². The average Bonchev–Trinajstić information content (AvgIpc) is 2.79. The van der Waals surface area contributed by atoms with Gasteiger partial charge in [-0.1, -0.05) is 31.0 Å². The number of nitrogen functional groups attached to an aromatic ring is 1. The van der Waals surface area contributed by atoms with Crippen molar-refractivity contribution in [2.75, 3.05) is 17.2 Å². The Bertz CT molecular complexity index is 932. The molecule has 156 valence electrons. The largest absolute Gasteiger partial charge is 0.399 e. The second-order valence-corrected chi connectivity index (χ2v) is 7.06. The molecular formula is C23H27N5O2. The van der Waals surface area contributed by atoms with Gasteiger partial charge in [0, 0.05) is 31.0 Å². The van der Waals surface area contributed by atoms with E-state index in [2.05, 4.69) is 20.9 Å². The van der Waals surface area contributed by atoms with Crippen molar-refractivity contribution in [3.8, 4) is 11.1 Å². The molecule has 0 saturated carbocycles. The van der Waals surface area contributed by atoms with Crippen molar-refractivity contribution in [3.05, 3.63) is 67.0 Å². The summed E-state index contributed by atoms with van der Waals surface area (Å²) in [5.41, 5.74) is 10.4. The number of amides is 1. The molecule has 1 amide bonds. The highest BCUT2D eigenvalue weighted by molar-refractivity contribution is 5.74. The molecule has 7 nitrogen and oxygen atoms in total. The van der Waals surface area contributed by atoms with Crippen molar-refractivity contribution in [3.63, 3.8) is 0 Å². The molecule has 0 unspecified atom stereocenters. The monoisotopic (exact) mass is 405 g/mol. The minimum absolute atomic E-state index is 0.339. The van der Waals surface area contributed by atoms with Crippen LogP contribution in [0.1, 0.15) is 32.1 Å². The van der Waals surface area contributed by atoms with Crippen LogP contribution >= 0.6 is 0 Å². The lowest BCUT2D eigenvalue weighted by Gasteiger charge is -2.23. The number of benzene rings is 1. The molecule has 1 aromatic carbocycles. The highest BCUT2D eigenvalue weighted by atomic mass is 16.5. The normalized spacial score (nSPS) is 10.6. The molecule has 0 atom stereocenters. The first-order valence-corrected chi connectivity index (χ1v) is 10.1. The Kier molecular flexibility index (Phi) is 7.74. The number of nitrogens with zero attached hydrogens (tertiary/aromatic N) is 3. The van der Waals surface area contributed by atoms with Crippen LogP contribution < -0.4 is 16.1 Å². The van der Waals surface area contributed by atoms with Crippen LogP contribution in [0.3, 0.4) is 0 Å². The lowest BCUT2D eigenvalue weighted by Crippen LogP contribution is -2.21. The molecule has 3 rings (SSSR count). The smallest absolute Gasteiger partial charge is 0.243 e. The number of hydroxylamine groups is 1. The summed E-state index contributed by atoms with van der Waals surface area (Å²) >= 11 is 0. The molecule has 7 heteroatoms. The van der Waals surface area contributed by atoms with Gasteiger partial charge in [-0.3, -0.25) is 10.0 Å². The number of carbonyl (C=O) groups excluding carboxylic acids is 1. The predicted molar refractivity (Wildman–Crippen MR) is 118 cm³/mol. The van der Waals surface area contributed by atoms with Crippen LogP contribution in [0, 0.1) is 0 Å². The molecular weight excluding hydrogens is 378 g/mol. The Morgan fingerprint density at radius 2 is 1.67 bits per heavy atom. The second-order valence-electron chi connectivity index (χ2n) is 7.06. The Balaban J connectivity index is 1.71. The number of nitrogens with one attached hydrogen (secondary N) is 1. The molecule has 0 radical (unpaired) electrons. The number of carbonyl (C=O) groups is 1. The maximum Gasteiger partial charge on any atom is 0.243 e. The maximum atomic E-state index is 11.1. The van der Waals surface area contributed by atoms with Gasteiger partial charge in [0.05, 0.1) is 0 Å². The van der Waals surface area contributed by atoms with E-state index in [0.29, 0.717) is 6.42 Å². The molecule has 2 aromatic heterocycles. The van der Waals surface area contributed by atoms with Crippen LogP contribution in [0.15, 0.2) is 67.0 Å². The summed E-state index contributed by atoms with van der Waals surface area (Å²) in [4.78, 5) is 22.3. The van der Waals surface area contributed by atoms with Crippen LogP contribution in [0.25, 0.3) is 11.1 Å². The van der Waals surface area contributed by atoms with E-state index in [-0.39, 0.29) is 5.91 Å². The van der Waals surface area contributed by atoms with Gasteiger partial charge in [0.15, 0.2) is 0 Å². The first kappa shape index (κ1) is 21.3. The number of hydrogen-bond acceptors (Lipinski definition) is 6. The summed E-state index contributed by atoms with van der Waals surface area (Å²) < 4.78 is 0. The van der Waals surface area contributed by atoms with Crippen LogP contribution in [0.5, 0.6) is 0 Å². The topological polar surface area (TPSA) is 104 Å². The van der Waals surface area contributed by atoms with Gasteiger partial charge >= 0.3 is 0 Å². The lowest BCUT2D eigenvalue weighted by molar-refractivity contribution is -0.129. The van der Waals surface area contributed by atoms with Crippen molar-refractivity contribution in [1.82, 2.24) is 15.4 Å². The third-order valence-electron chi connectivity index (χ3n) is 4.85. The predicted octanol–water partition coefficient (Wildman–Crippen LogP) is 4.32. The highest BCUT2D eigenvalue weighted by Crippen LogP contribution is 2.27. The van der Waals surface area contributed by atoms with E-state index in [1.807, 2.05) is 54.7 Å². The zero-order chi connectivity index (χ0) is 21.2. The fourth-order valence-corrected chi connectivity index (χ4v) is 3.25. The summed E-state index contributed by atoms with van der Waals surface area (Å²) in [7, 11) is 0. The number of anilines is 3. The van der Waals surface area contributed by atoms with E-state index in [0.717, 1.165) is 60.7 Å². The van der Waals surface area contributed by atoms with Gasteiger partial charge < -0.3 is 10.6 Å². The quantitative estimate of drug-likeness (QED) is 0.201. The molecule has 4 N–H and O–H groups in total.